The highest BCUT2D eigenvalue weighted by Gasteiger charge is 2.07. The third-order valence-electron chi connectivity index (χ3n) is 3.65. The van der Waals surface area contributed by atoms with Gasteiger partial charge < -0.3 is 5.73 Å². The van der Waals surface area contributed by atoms with E-state index in [2.05, 4.69) is 38.8 Å². The predicted molar refractivity (Wildman–Crippen MR) is 90.1 cm³/mol. The lowest BCUT2D eigenvalue weighted by atomic mass is 10.2. The van der Waals surface area contributed by atoms with Crippen molar-refractivity contribution in [3.63, 3.8) is 0 Å². The molecule has 0 aliphatic carbocycles. The molecule has 0 radical (unpaired) electrons. The van der Waals surface area contributed by atoms with Crippen LogP contribution in [0.15, 0.2) is 60.4 Å². The van der Waals surface area contributed by atoms with E-state index in [4.69, 9.17) is 5.73 Å². The number of aromatic nitrogens is 3. The third kappa shape index (κ3) is 2.20. The van der Waals surface area contributed by atoms with Gasteiger partial charge in [-0.1, -0.05) is 18.2 Å². The molecule has 0 saturated heterocycles. The lowest BCUT2D eigenvalue weighted by Crippen LogP contribution is -1.96. The van der Waals surface area contributed by atoms with Crippen molar-refractivity contribution < 1.29 is 0 Å². The van der Waals surface area contributed by atoms with E-state index in [0.29, 0.717) is 6.54 Å². The van der Waals surface area contributed by atoms with E-state index in [1.54, 1.807) is 11.3 Å². The molecule has 0 saturated carbocycles. The number of thiazole rings is 1. The molecule has 4 rings (SSSR count). The van der Waals surface area contributed by atoms with Crippen molar-refractivity contribution in [3.05, 3.63) is 65.9 Å². The van der Waals surface area contributed by atoms with Gasteiger partial charge in [0.15, 0.2) is 0 Å². The molecule has 22 heavy (non-hydrogen) atoms. The van der Waals surface area contributed by atoms with E-state index in [1.165, 1.54) is 0 Å². The number of hydrogen-bond acceptors (Lipinski definition) is 4. The Labute approximate surface area is 131 Å². The molecule has 4 nitrogen and oxygen atoms in total. The van der Waals surface area contributed by atoms with E-state index in [9.17, 15) is 0 Å². The van der Waals surface area contributed by atoms with Gasteiger partial charge in [0.1, 0.15) is 11.3 Å². The summed E-state index contributed by atoms with van der Waals surface area (Å²) in [6.45, 7) is 0.530. The van der Waals surface area contributed by atoms with Crippen LogP contribution in [0.25, 0.3) is 27.3 Å². The van der Waals surface area contributed by atoms with Crippen LogP contribution in [0.1, 0.15) is 5.56 Å². The minimum absolute atomic E-state index is 0.530. The van der Waals surface area contributed by atoms with Crippen LogP contribution in [0.3, 0.4) is 0 Å². The second kappa shape index (κ2) is 5.36. The van der Waals surface area contributed by atoms with Crippen molar-refractivity contribution in [1.82, 2.24) is 14.5 Å². The van der Waals surface area contributed by atoms with Crippen molar-refractivity contribution in [2.45, 2.75) is 6.54 Å². The van der Waals surface area contributed by atoms with Gasteiger partial charge in [-0.3, -0.25) is 4.57 Å². The Morgan fingerprint density at radius 2 is 2.05 bits per heavy atom. The summed E-state index contributed by atoms with van der Waals surface area (Å²) in [5.41, 5.74) is 11.0. The van der Waals surface area contributed by atoms with Crippen molar-refractivity contribution >= 4 is 22.4 Å². The van der Waals surface area contributed by atoms with Crippen molar-refractivity contribution in [3.8, 4) is 16.3 Å². The second-order valence-corrected chi connectivity index (χ2v) is 5.92. The first-order valence-corrected chi connectivity index (χ1v) is 7.89. The summed E-state index contributed by atoms with van der Waals surface area (Å²) in [4.78, 5) is 8.86. The fraction of sp³-hybridized carbons (Fsp3) is 0.0588. The lowest BCUT2D eigenvalue weighted by molar-refractivity contribution is 1.07. The maximum Gasteiger partial charge on any atom is 0.123 e. The van der Waals surface area contributed by atoms with Gasteiger partial charge in [-0.25, -0.2) is 9.97 Å². The molecule has 0 amide bonds. The molecule has 108 valence electrons. The first kappa shape index (κ1) is 13.2. The van der Waals surface area contributed by atoms with Gasteiger partial charge in [-0.15, -0.1) is 11.3 Å². The van der Waals surface area contributed by atoms with Gasteiger partial charge in [0.2, 0.25) is 0 Å². The minimum atomic E-state index is 0.530. The summed E-state index contributed by atoms with van der Waals surface area (Å²) < 4.78 is 2.09. The molecular weight excluding hydrogens is 292 g/mol. The highest BCUT2D eigenvalue weighted by molar-refractivity contribution is 7.13. The number of benzene rings is 2. The first-order chi connectivity index (χ1) is 10.8. The largest absolute Gasteiger partial charge is 0.326 e. The average Bonchev–Trinajstić information content (AvgIpc) is 3.24. The van der Waals surface area contributed by atoms with Crippen LogP contribution in [0.4, 0.5) is 0 Å². The Hall–Kier alpha value is -2.50. The Kier molecular flexibility index (Phi) is 3.21. The normalized spacial score (nSPS) is 11.1. The van der Waals surface area contributed by atoms with Crippen LogP contribution in [0.2, 0.25) is 0 Å². The molecule has 4 aromatic rings. The summed E-state index contributed by atoms with van der Waals surface area (Å²) in [7, 11) is 0. The fourth-order valence-corrected chi connectivity index (χ4v) is 3.18. The zero-order chi connectivity index (χ0) is 14.9. The molecule has 5 heteroatoms. The number of rotatable bonds is 3. The van der Waals surface area contributed by atoms with Crippen LogP contribution >= 0.6 is 11.3 Å². The van der Waals surface area contributed by atoms with E-state index < -0.39 is 0 Å². The zero-order valence-electron chi connectivity index (χ0n) is 11.8. The summed E-state index contributed by atoms with van der Waals surface area (Å²) in [5.74, 6) is 0. The SMILES string of the molecule is NCc1ccc2c(c1)ncn2-c1cccc(-c2nccs2)c1. The van der Waals surface area contributed by atoms with Gasteiger partial charge in [-0.05, 0) is 29.8 Å². The number of fused-ring (bicyclic) bond motifs is 1. The van der Waals surface area contributed by atoms with Crippen LogP contribution in [-0.2, 0) is 6.54 Å². The Bertz CT molecular complexity index is 925. The molecule has 0 bridgehead atoms. The monoisotopic (exact) mass is 306 g/mol. The molecule has 2 N–H and O–H groups in total. The van der Waals surface area contributed by atoms with E-state index >= 15 is 0 Å². The van der Waals surface area contributed by atoms with Crippen LogP contribution in [-0.4, -0.2) is 14.5 Å². The third-order valence-corrected chi connectivity index (χ3v) is 4.47. The van der Waals surface area contributed by atoms with Crippen molar-refractivity contribution in [2.75, 3.05) is 0 Å². The summed E-state index contributed by atoms with van der Waals surface area (Å²) >= 11 is 1.64. The lowest BCUT2D eigenvalue weighted by Gasteiger charge is -2.06. The Morgan fingerprint density at radius 3 is 2.86 bits per heavy atom. The number of nitrogens with zero attached hydrogens (tertiary/aromatic N) is 3. The van der Waals surface area contributed by atoms with Crippen LogP contribution < -0.4 is 5.73 Å². The van der Waals surface area contributed by atoms with E-state index in [1.807, 2.05) is 36.1 Å². The fourth-order valence-electron chi connectivity index (χ4n) is 2.55. The Morgan fingerprint density at radius 1 is 1.09 bits per heavy atom. The molecule has 2 aromatic heterocycles. The number of nitrogens with two attached hydrogens (primary N) is 1. The van der Waals surface area contributed by atoms with Gasteiger partial charge in [0, 0.05) is 29.4 Å². The summed E-state index contributed by atoms with van der Waals surface area (Å²) in [6.07, 6.45) is 3.68. The Balaban J connectivity index is 1.84. The highest BCUT2D eigenvalue weighted by atomic mass is 32.1. The second-order valence-electron chi connectivity index (χ2n) is 5.03. The topological polar surface area (TPSA) is 56.7 Å². The molecule has 0 fully saturated rings. The van der Waals surface area contributed by atoms with Crippen LogP contribution in [0, 0.1) is 0 Å². The molecule has 2 aromatic carbocycles. The number of hydrogen-bond donors (Lipinski definition) is 1. The zero-order valence-corrected chi connectivity index (χ0v) is 12.6. The molecule has 0 aliphatic rings. The molecule has 0 unspecified atom stereocenters. The maximum atomic E-state index is 5.69. The molecule has 0 spiro atoms. The van der Waals surface area contributed by atoms with Crippen molar-refractivity contribution in [1.29, 1.82) is 0 Å². The predicted octanol–water partition coefficient (Wildman–Crippen LogP) is 3.61. The van der Waals surface area contributed by atoms with E-state index in [-0.39, 0.29) is 0 Å². The highest BCUT2D eigenvalue weighted by Crippen LogP contribution is 2.26. The smallest absolute Gasteiger partial charge is 0.123 e. The average molecular weight is 306 g/mol. The molecular formula is C17H14N4S. The van der Waals surface area contributed by atoms with Gasteiger partial charge in [-0.2, -0.15) is 0 Å². The molecule has 0 atom stereocenters. The summed E-state index contributed by atoms with van der Waals surface area (Å²) in [5, 5.41) is 3.01. The maximum absolute atomic E-state index is 5.69. The van der Waals surface area contributed by atoms with Gasteiger partial charge >= 0.3 is 0 Å². The first-order valence-electron chi connectivity index (χ1n) is 7.01. The van der Waals surface area contributed by atoms with Gasteiger partial charge in [0.25, 0.3) is 0 Å². The summed E-state index contributed by atoms with van der Waals surface area (Å²) in [6, 6.07) is 14.5. The minimum Gasteiger partial charge on any atom is -0.326 e. The molecule has 2 heterocycles. The van der Waals surface area contributed by atoms with Gasteiger partial charge in [0.05, 0.1) is 11.0 Å². The van der Waals surface area contributed by atoms with E-state index in [0.717, 1.165) is 32.9 Å². The van der Waals surface area contributed by atoms with Crippen LogP contribution in [0.5, 0.6) is 0 Å². The van der Waals surface area contributed by atoms with Crippen molar-refractivity contribution in [2.24, 2.45) is 5.73 Å². The number of imidazole rings is 1. The molecule has 0 aliphatic heterocycles. The quantitative estimate of drug-likeness (QED) is 0.629. The standard InChI is InChI=1S/C17H14N4S/c18-10-12-4-5-16-15(8-12)20-11-21(16)14-3-1-2-13(9-14)17-19-6-7-22-17/h1-9,11H,10,18H2.